The Kier molecular flexibility index (Phi) is 6.48. The molecule has 1 N–H and O–H groups in total. The number of carbonyl (C=O) groups is 1. The van der Waals surface area contributed by atoms with Crippen LogP contribution in [0.1, 0.15) is 51.9 Å². The lowest BCUT2D eigenvalue weighted by molar-refractivity contribution is 0.0852. The van der Waals surface area contributed by atoms with E-state index in [1.165, 1.54) is 12.8 Å². The third-order valence-corrected chi connectivity index (χ3v) is 6.27. The lowest BCUT2D eigenvalue weighted by Crippen LogP contribution is -2.40. The molecule has 0 spiro atoms. The third-order valence-electron chi connectivity index (χ3n) is 6.03. The minimum Gasteiger partial charge on any atom is -0.449 e. The number of nitrogens with one attached hydrogen (secondary N) is 1. The van der Waals surface area contributed by atoms with Gasteiger partial charge in [0.15, 0.2) is 5.58 Å². The smallest absolute Gasteiger partial charge is 0.409 e. The van der Waals surface area contributed by atoms with Crippen molar-refractivity contribution in [3.05, 3.63) is 23.2 Å². The number of fused-ring (bicyclic) bond motifs is 1. The van der Waals surface area contributed by atoms with Gasteiger partial charge in [0.25, 0.3) is 6.01 Å². The van der Waals surface area contributed by atoms with Gasteiger partial charge < -0.3 is 19.4 Å². The maximum absolute atomic E-state index is 12.1. The molecule has 4 rings (SSSR count). The van der Waals surface area contributed by atoms with E-state index in [1.807, 2.05) is 17.0 Å². The number of benzene rings is 1. The second-order valence-electron chi connectivity index (χ2n) is 8.35. The SMILES string of the molecule is CCCCOC(=O)N1CCC(CC(Nc2nc3ccc(Cl)cc3o2)C2CC2)CC1. The first-order chi connectivity index (χ1) is 14.1. The second-order valence-corrected chi connectivity index (χ2v) is 8.79. The molecule has 6 nitrogen and oxygen atoms in total. The van der Waals surface area contributed by atoms with E-state index < -0.39 is 0 Å². The van der Waals surface area contributed by atoms with E-state index in [-0.39, 0.29) is 6.09 Å². The Morgan fingerprint density at radius 1 is 1.34 bits per heavy atom. The van der Waals surface area contributed by atoms with Crippen LogP contribution in [0.15, 0.2) is 22.6 Å². The Balaban J connectivity index is 1.29. The Bertz CT molecular complexity index is 828. The Morgan fingerprint density at radius 3 is 2.86 bits per heavy atom. The largest absolute Gasteiger partial charge is 0.449 e. The zero-order valence-corrected chi connectivity index (χ0v) is 17.8. The summed E-state index contributed by atoms with van der Waals surface area (Å²) in [5.74, 6) is 1.29. The van der Waals surface area contributed by atoms with E-state index in [0.717, 1.165) is 50.7 Å². The van der Waals surface area contributed by atoms with Crippen LogP contribution in [0.5, 0.6) is 0 Å². The average Bonchev–Trinajstić information content (AvgIpc) is 3.49. The molecule has 1 amide bonds. The van der Waals surface area contributed by atoms with Gasteiger partial charge in [-0.25, -0.2) is 4.79 Å². The predicted molar refractivity (Wildman–Crippen MR) is 114 cm³/mol. The van der Waals surface area contributed by atoms with E-state index in [2.05, 4.69) is 17.2 Å². The number of carbonyl (C=O) groups excluding carboxylic acids is 1. The number of nitrogens with zero attached hydrogens (tertiary/aromatic N) is 2. The van der Waals surface area contributed by atoms with Crippen molar-refractivity contribution in [2.45, 2.75) is 57.9 Å². The molecule has 1 saturated carbocycles. The standard InChI is InChI=1S/C22H30ClN3O3/c1-2-3-12-28-22(27)26-10-8-15(9-11-26)13-19(16-4-5-16)25-21-24-18-7-6-17(23)14-20(18)29-21/h6-7,14-16,19H,2-5,8-13H2,1H3,(H,24,25). The summed E-state index contributed by atoms with van der Waals surface area (Å²) in [4.78, 5) is 18.6. The van der Waals surface area contributed by atoms with E-state index in [9.17, 15) is 4.79 Å². The van der Waals surface area contributed by atoms with Crippen molar-refractivity contribution in [3.8, 4) is 0 Å². The van der Waals surface area contributed by atoms with Gasteiger partial charge in [-0.3, -0.25) is 0 Å². The first-order valence-electron chi connectivity index (χ1n) is 10.9. The highest BCUT2D eigenvalue weighted by molar-refractivity contribution is 6.31. The van der Waals surface area contributed by atoms with Gasteiger partial charge in [0.2, 0.25) is 0 Å². The van der Waals surface area contributed by atoms with Crippen molar-refractivity contribution in [1.82, 2.24) is 9.88 Å². The molecule has 2 aliphatic rings. The van der Waals surface area contributed by atoms with Crippen molar-refractivity contribution >= 4 is 34.8 Å². The normalized spacial score (nSPS) is 18.8. The number of amides is 1. The number of likely N-dealkylation sites (tertiary alicyclic amines) is 1. The van der Waals surface area contributed by atoms with Crippen LogP contribution in [0.4, 0.5) is 10.8 Å². The molecule has 1 aliphatic carbocycles. The number of oxazole rings is 1. The van der Waals surface area contributed by atoms with Crippen LogP contribution in [0.2, 0.25) is 5.02 Å². The van der Waals surface area contributed by atoms with Gasteiger partial charge in [-0.1, -0.05) is 24.9 Å². The van der Waals surface area contributed by atoms with Crippen LogP contribution in [0, 0.1) is 11.8 Å². The quantitative estimate of drug-likeness (QED) is 0.555. The molecule has 2 aromatic rings. The van der Waals surface area contributed by atoms with Crippen molar-refractivity contribution in [3.63, 3.8) is 0 Å². The van der Waals surface area contributed by atoms with Gasteiger partial charge in [0.1, 0.15) is 5.52 Å². The van der Waals surface area contributed by atoms with Crippen LogP contribution in [0.25, 0.3) is 11.1 Å². The van der Waals surface area contributed by atoms with Gasteiger partial charge >= 0.3 is 6.09 Å². The van der Waals surface area contributed by atoms with Crippen molar-refractivity contribution < 1.29 is 13.9 Å². The van der Waals surface area contributed by atoms with Crippen molar-refractivity contribution in [2.75, 3.05) is 25.0 Å². The third kappa shape index (κ3) is 5.35. The van der Waals surface area contributed by atoms with Crippen molar-refractivity contribution in [2.24, 2.45) is 11.8 Å². The number of rotatable bonds is 8. The molecular formula is C22H30ClN3O3. The monoisotopic (exact) mass is 419 g/mol. The number of unbranched alkanes of at least 4 members (excludes halogenated alkanes) is 1. The van der Waals surface area contributed by atoms with E-state index >= 15 is 0 Å². The molecule has 1 saturated heterocycles. The number of hydrogen-bond donors (Lipinski definition) is 1. The van der Waals surface area contributed by atoms with Crippen LogP contribution in [-0.2, 0) is 4.74 Å². The van der Waals surface area contributed by atoms with Crippen molar-refractivity contribution in [1.29, 1.82) is 0 Å². The predicted octanol–water partition coefficient (Wildman–Crippen LogP) is 5.71. The molecule has 7 heteroatoms. The molecule has 0 bridgehead atoms. The zero-order valence-electron chi connectivity index (χ0n) is 17.0. The second kappa shape index (κ2) is 9.24. The fourth-order valence-electron chi connectivity index (χ4n) is 4.09. The van der Waals surface area contributed by atoms with Gasteiger partial charge in [0.05, 0.1) is 6.61 Å². The molecular weight excluding hydrogens is 390 g/mol. The lowest BCUT2D eigenvalue weighted by atomic mass is 9.89. The molecule has 29 heavy (non-hydrogen) atoms. The summed E-state index contributed by atoms with van der Waals surface area (Å²) in [5.41, 5.74) is 1.53. The number of ether oxygens (including phenoxy) is 1. The maximum atomic E-state index is 12.1. The number of hydrogen-bond acceptors (Lipinski definition) is 5. The highest BCUT2D eigenvalue weighted by Crippen LogP contribution is 2.39. The fraction of sp³-hybridized carbons (Fsp3) is 0.636. The van der Waals surface area contributed by atoms with E-state index in [4.69, 9.17) is 20.8 Å². The molecule has 1 atom stereocenters. The summed E-state index contributed by atoms with van der Waals surface area (Å²) < 4.78 is 11.2. The molecule has 1 aromatic heterocycles. The van der Waals surface area contributed by atoms with Gasteiger partial charge in [0, 0.05) is 30.2 Å². The van der Waals surface area contributed by atoms with Crippen LogP contribution in [0.3, 0.4) is 0 Å². The minimum absolute atomic E-state index is 0.154. The average molecular weight is 420 g/mol. The first kappa shape index (κ1) is 20.3. The van der Waals surface area contributed by atoms with E-state index in [0.29, 0.717) is 41.1 Å². The highest BCUT2D eigenvalue weighted by Gasteiger charge is 2.35. The molecule has 158 valence electrons. The molecule has 2 heterocycles. The molecule has 2 fully saturated rings. The fourth-order valence-corrected chi connectivity index (χ4v) is 4.25. The van der Waals surface area contributed by atoms with Crippen LogP contribution >= 0.6 is 11.6 Å². The lowest BCUT2D eigenvalue weighted by Gasteiger charge is -2.33. The highest BCUT2D eigenvalue weighted by atomic mass is 35.5. The van der Waals surface area contributed by atoms with Crippen LogP contribution in [-0.4, -0.2) is 41.7 Å². The summed E-state index contributed by atoms with van der Waals surface area (Å²) in [6.45, 7) is 4.20. The topological polar surface area (TPSA) is 67.6 Å². The Hall–Kier alpha value is -1.95. The van der Waals surface area contributed by atoms with Gasteiger partial charge in [-0.05, 0) is 62.5 Å². The van der Waals surface area contributed by atoms with Gasteiger partial charge in [-0.15, -0.1) is 0 Å². The number of anilines is 1. The summed E-state index contributed by atoms with van der Waals surface area (Å²) in [7, 11) is 0. The van der Waals surface area contributed by atoms with Crippen LogP contribution < -0.4 is 5.32 Å². The first-order valence-corrected chi connectivity index (χ1v) is 11.2. The zero-order chi connectivity index (χ0) is 20.2. The van der Waals surface area contributed by atoms with Gasteiger partial charge in [-0.2, -0.15) is 4.98 Å². The van der Waals surface area contributed by atoms with E-state index in [1.54, 1.807) is 6.07 Å². The Morgan fingerprint density at radius 2 is 2.14 bits per heavy atom. The molecule has 0 radical (unpaired) electrons. The number of aromatic nitrogens is 1. The minimum atomic E-state index is -0.154. The number of halogens is 1. The number of piperidine rings is 1. The summed E-state index contributed by atoms with van der Waals surface area (Å²) in [5, 5.41) is 4.19. The molecule has 1 aliphatic heterocycles. The Labute approximate surface area is 176 Å². The molecule has 1 aromatic carbocycles. The maximum Gasteiger partial charge on any atom is 0.409 e. The summed E-state index contributed by atoms with van der Waals surface area (Å²) in [6.07, 6.45) is 7.46. The molecule has 1 unspecified atom stereocenters. The summed E-state index contributed by atoms with van der Waals surface area (Å²) >= 11 is 6.05. The summed E-state index contributed by atoms with van der Waals surface area (Å²) in [6, 6.07) is 6.46.